The van der Waals surface area contributed by atoms with Gasteiger partial charge in [0.05, 0.1) is 25.9 Å². The van der Waals surface area contributed by atoms with Crippen molar-refractivity contribution in [2.45, 2.75) is 57.5 Å². The van der Waals surface area contributed by atoms with Gasteiger partial charge in [0.25, 0.3) is 5.91 Å². The molecule has 0 unspecified atom stereocenters. The molecule has 0 fully saturated rings. The van der Waals surface area contributed by atoms with Gasteiger partial charge in [0, 0.05) is 5.56 Å². The normalized spacial score (nSPS) is 11.7. The maximum atomic E-state index is 12.8. The number of aryl methyl sites for hydroxylation is 2. The van der Waals surface area contributed by atoms with Crippen LogP contribution in [0.15, 0.2) is 47.6 Å². The van der Waals surface area contributed by atoms with Crippen LogP contribution in [-0.2, 0) is 28.9 Å². The van der Waals surface area contributed by atoms with Gasteiger partial charge in [0.15, 0.2) is 11.0 Å². The number of esters is 1. The number of amides is 1. The Morgan fingerprint density at radius 1 is 1.03 bits per heavy atom. The van der Waals surface area contributed by atoms with Crippen molar-refractivity contribution in [1.29, 1.82) is 0 Å². The molecule has 2 aromatic carbocycles. The summed E-state index contributed by atoms with van der Waals surface area (Å²) >= 11 is 1.30. The van der Waals surface area contributed by atoms with E-state index in [1.54, 1.807) is 45.2 Å². The van der Waals surface area contributed by atoms with E-state index < -0.39 is 5.25 Å². The molecule has 1 N–H and O–H groups in total. The van der Waals surface area contributed by atoms with Crippen LogP contribution < -0.4 is 10.1 Å². The molecule has 35 heavy (non-hydrogen) atoms. The minimum absolute atomic E-state index is 0.174. The Labute approximate surface area is 210 Å². The number of para-hydroxylation sites is 1. The van der Waals surface area contributed by atoms with Gasteiger partial charge in [-0.1, -0.05) is 43.8 Å². The number of methoxy groups -OCH3 is 1. The number of thioether (sulfide) groups is 1. The van der Waals surface area contributed by atoms with Crippen molar-refractivity contribution in [3.8, 4) is 11.4 Å². The average molecular weight is 497 g/mol. The van der Waals surface area contributed by atoms with Gasteiger partial charge >= 0.3 is 5.97 Å². The number of rotatable bonds is 11. The molecule has 0 radical (unpaired) electrons. The van der Waals surface area contributed by atoms with Crippen LogP contribution >= 0.6 is 11.8 Å². The lowest BCUT2D eigenvalue weighted by molar-refractivity contribution is -0.142. The summed E-state index contributed by atoms with van der Waals surface area (Å²) in [7, 11) is 1.58. The predicted octanol–water partition coefficient (Wildman–Crippen LogP) is 4.37. The maximum Gasteiger partial charge on any atom is 0.319 e. The fourth-order valence-electron chi connectivity index (χ4n) is 3.69. The molecule has 0 saturated heterocycles. The van der Waals surface area contributed by atoms with Crippen molar-refractivity contribution in [3.05, 3.63) is 65.0 Å². The highest BCUT2D eigenvalue weighted by molar-refractivity contribution is 8.00. The van der Waals surface area contributed by atoms with E-state index in [4.69, 9.17) is 9.47 Å². The van der Waals surface area contributed by atoms with Gasteiger partial charge in [0.1, 0.15) is 11.0 Å². The first-order chi connectivity index (χ1) is 16.9. The Balaban J connectivity index is 1.96. The fraction of sp³-hybridized carbons (Fsp3) is 0.385. The van der Waals surface area contributed by atoms with Gasteiger partial charge in [-0.05, 0) is 62.1 Å². The second-order valence-electron chi connectivity index (χ2n) is 7.79. The molecule has 0 bridgehead atoms. The molecule has 186 valence electrons. The van der Waals surface area contributed by atoms with Crippen molar-refractivity contribution < 1.29 is 19.1 Å². The number of ether oxygens (including phenoxy) is 2. The first-order valence-corrected chi connectivity index (χ1v) is 12.6. The molecule has 0 aliphatic rings. The number of nitrogens with zero attached hydrogens (tertiary/aromatic N) is 3. The van der Waals surface area contributed by atoms with E-state index in [9.17, 15) is 9.59 Å². The number of carbonyl (C=O) groups excluding carboxylic acids is 2. The minimum atomic E-state index is -0.460. The van der Waals surface area contributed by atoms with Gasteiger partial charge < -0.3 is 14.8 Å². The third-order valence-corrected chi connectivity index (χ3v) is 6.57. The number of benzene rings is 2. The first kappa shape index (κ1) is 26.3. The summed E-state index contributed by atoms with van der Waals surface area (Å²) < 4.78 is 12.3. The molecule has 0 saturated carbocycles. The summed E-state index contributed by atoms with van der Waals surface area (Å²) in [6.07, 6.45) is 1.63. The highest BCUT2D eigenvalue weighted by Crippen LogP contribution is 2.30. The molecule has 3 rings (SSSR count). The lowest BCUT2D eigenvalue weighted by atomic mass is 10.0. The van der Waals surface area contributed by atoms with Crippen molar-refractivity contribution in [2.24, 2.45) is 0 Å². The standard InChI is InChI=1S/C26H32N4O4S/c1-6-18-10-9-11-19(7-2)23(18)30-22(28-29-26(30)35-17(4)25(32)34-8-3)16-27-24(31)20-12-14-21(33-5)15-13-20/h9-15,17H,6-8,16H2,1-5H3,(H,27,31)/t17-/m1/s1. The van der Waals surface area contributed by atoms with Crippen LogP contribution in [0.3, 0.4) is 0 Å². The topological polar surface area (TPSA) is 95.3 Å². The van der Waals surface area contributed by atoms with Crippen LogP contribution in [0.5, 0.6) is 5.75 Å². The Morgan fingerprint density at radius 3 is 2.26 bits per heavy atom. The molecular weight excluding hydrogens is 464 g/mol. The maximum absolute atomic E-state index is 12.8. The molecule has 0 aliphatic heterocycles. The van der Waals surface area contributed by atoms with Crippen LogP contribution in [0.4, 0.5) is 0 Å². The van der Waals surface area contributed by atoms with Crippen LogP contribution in [0, 0.1) is 0 Å². The smallest absolute Gasteiger partial charge is 0.319 e. The number of hydrogen-bond donors (Lipinski definition) is 1. The highest BCUT2D eigenvalue weighted by atomic mass is 32.2. The van der Waals surface area contributed by atoms with E-state index in [1.807, 2.05) is 10.6 Å². The van der Waals surface area contributed by atoms with Crippen LogP contribution in [-0.4, -0.2) is 45.6 Å². The Bertz CT molecular complexity index is 1140. The summed E-state index contributed by atoms with van der Waals surface area (Å²) in [6.45, 7) is 8.26. The van der Waals surface area contributed by atoms with E-state index in [-0.39, 0.29) is 18.4 Å². The minimum Gasteiger partial charge on any atom is -0.497 e. The molecule has 8 nitrogen and oxygen atoms in total. The van der Waals surface area contributed by atoms with E-state index in [0.717, 1.165) is 29.7 Å². The van der Waals surface area contributed by atoms with Crippen LogP contribution in [0.25, 0.3) is 5.69 Å². The fourth-order valence-corrected chi connectivity index (χ4v) is 4.56. The zero-order chi connectivity index (χ0) is 25.4. The van der Waals surface area contributed by atoms with Crippen molar-refractivity contribution in [3.63, 3.8) is 0 Å². The number of carbonyl (C=O) groups is 2. The lowest BCUT2D eigenvalue weighted by Crippen LogP contribution is -2.25. The molecule has 0 aliphatic carbocycles. The molecule has 0 spiro atoms. The van der Waals surface area contributed by atoms with Gasteiger partial charge in [-0.25, -0.2) is 0 Å². The largest absolute Gasteiger partial charge is 0.497 e. The number of hydrogen-bond acceptors (Lipinski definition) is 7. The first-order valence-electron chi connectivity index (χ1n) is 11.7. The Morgan fingerprint density at radius 2 is 1.69 bits per heavy atom. The summed E-state index contributed by atoms with van der Waals surface area (Å²) in [5.41, 5.74) is 3.79. The van der Waals surface area contributed by atoms with E-state index in [1.165, 1.54) is 11.8 Å². The molecular formula is C26H32N4O4S. The van der Waals surface area contributed by atoms with Gasteiger partial charge in [-0.2, -0.15) is 0 Å². The summed E-state index contributed by atoms with van der Waals surface area (Å²) in [5.74, 6) is 0.736. The Hall–Kier alpha value is -3.33. The molecule has 3 aromatic rings. The SMILES string of the molecule is CCOC(=O)[C@@H](C)Sc1nnc(CNC(=O)c2ccc(OC)cc2)n1-c1c(CC)cccc1CC. The number of nitrogens with one attached hydrogen (secondary N) is 1. The quantitative estimate of drug-likeness (QED) is 0.311. The molecule has 1 atom stereocenters. The van der Waals surface area contributed by atoms with Crippen LogP contribution in [0.1, 0.15) is 55.0 Å². The van der Waals surface area contributed by atoms with Crippen molar-refractivity contribution in [1.82, 2.24) is 20.1 Å². The summed E-state index contributed by atoms with van der Waals surface area (Å²) in [6, 6.07) is 13.1. The predicted molar refractivity (Wildman–Crippen MR) is 136 cm³/mol. The second-order valence-corrected chi connectivity index (χ2v) is 9.10. The van der Waals surface area contributed by atoms with Gasteiger partial charge in [-0.15, -0.1) is 10.2 Å². The zero-order valence-corrected chi connectivity index (χ0v) is 21.6. The zero-order valence-electron chi connectivity index (χ0n) is 20.8. The molecule has 1 amide bonds. The second kappa shape index (κ2) is 12.4. The third-order valence-electron chi connectivity index (χ3n) is 5.55. The van der Waals surface area contributed by atoms with E-state index in [2.05, 4.69) is 41.5 Å². The third kappa shape index (κ3) is 6.22. The lowest BCUT2D eigenvalue weighted by Gasteiger charge is -2.19. The van der Waals surface area contributed by atoms with Crippen LogP contribution in [0.2, 0.25) is 0 Å². The van der Waals surface area contributed by atoms with Gasteiger partial charge in [0.2, 0.25) is 0 Å². The molecule has 9 heteroatoms. The summed E-state index contributed by atoms with van der Waals surface area (Å²) in [5, 5.41) is 11.9. The Kier molecular flexibility index (Phi) is 9.31. The van der Waals surface area contributed by atoms with E-state index in [0.29, 0.717) is 28.9 Å². The van der Waals surface area contributed by atoms with Crippen molar-refractivity contribution in [2.75, 3.05) is 13.7 Å². The van der Waals surface area contributed by atoms with Crippen molar-refractivity contribution >= 4 is 23.6 Å². The molecule has 1 heterocycles. The monoisotopic (exact) mass is 496 g/mol. The average Bonchev–Trinajstić information content (AvgIpc) is 3.28. The highest BCUT2D eigenvalue weighted by Gasteiger charge is 2.24. The summed E-state index contributed by atoms with van der Waals surface area (Å²) in [4.78, 5) is 25.1. The number of aromatic nitrogens is 3. The van der Waals surface area contributed by atoms with E-state index >= 15 is 0 Å². The van der Waals surface area contributed by atoms with Gasteiger partial charge in [-0.3, -0.25) is 14.2 Å². The molecule has 1 aromatic heterocycles.